The molecule has 2 aromatic rings. The van der Waals surface area contributed by atoms with Gasteiger partial charge in [0.1, 0.15) is 0 Å². The van der Waals surface area contributed by atoms with Crippen LogP contribution in [0.3, 0.4) is 0 Å². The minimum atomic E-state index is -0.0600. The van der Waals surface area contributed by atoms with Gasteiger partial charge in [-0.25, -0.2) is 4.68 Å². The molecule has 1 amide bonds. The number of likely N-dealkylation sites (tertiary alicyclic amines) is 1. The Hall–Kier alpha value is -2.58. The highest BCUT2D eigenvalue weighted by Crippen LogP contribution is 2.20. The van der Waals surface area contributed by atoms with E-state index in [1.54, 1.807) is 36.1 Å². The predicted molar refractivity (Wildman–Crippen MR) is 113 cm³/mol. The highest BCUT2D eigenvalue weighted by atomic mass is 16.5. The quantitative estimate of drug-likeness (QED) is 0.737. The zero-order valence-electron chi connectivity index (χ0n) is 17.4. The Morgan fingerprint density at radius 2 is 1.87 bits per heavy atom. The van der Waals surface area contributed by atoms with Gasteiger partial charge in [0.15, 0.2) is 0 Å². The summed E-state index contributed by atoms with van der Waals surface area (Å²) >= 11 is 0. The molecule has 2 aliphatic rings. The van der Waals surface area contributed by atoms with Crippen LogP contribution < -0.4 is 5.56 Å². The molecule has 0 aliphatic carbocycles. The van der Waals surface area contributed by atoms with E-state index in [1.165, 1.54) is 0 Å². The fourth-order valence-electron chi connectivity index (χ4n) is 4.26. The van der Waals surface area contributed by atoms with Gasteiger partial charge < -0.3 is 14.5 Å². The maximum Gasteiger partial charge on any atom is 0.266 e. The third kappa shape index (κ3) is 5.12. The van der Waals surface area contributed by atoms with Crippen molar-refractivity contribution >= 4 is 5.91 Å². The second kappa shape index (κ2) is 9.49. The van der Waals surface area contributed by atoms with E-state index in [-0.39, 0.29) is 17.6 Å². The number of rotatable bonds is 5. The molecule has 0 saturated carbocycles. The zero-order valence-corrected chi connectivity index (χ0v) is 17.4. The van der Waals surface area contributed by atoms with E-state index in [0.717, 1.165) is 43.7 Å². The Morgan fingerprint density at radius 3 is 2.60 bits per heavy atom. The van der Waals surface area contributed by atoms with E-state index < -0.39 is 0 Å². The fraction of sp³-hybridized carbons (Fsp3) is 0.545. The molecule has 8 nitrogen and oxygen atoms in total. The molecule has 2 aliphatic heterocycles. The number of nitrogens with zero attached hydrogens (tertiary/aromatic N) is 5. The van der Waals surface area contributed by atoms with Gasteiger partial charge in [-0.3, -0.25) is 14.6 Å². The van der Waals surface area contributed by atoms with Crippen LogP contribution in [0.25, 0.3) is 11.3 Å². The van der Waals surface area contributed by atoms with E-state index in [2.05, 4.69) is 15.0 Å². The lowest BCUT2D eigenvalue weighted by atomic mass is 9.96. The van der Waals surface area contributed by atoms with Crippen molar-refractivity contribution < 1.29 is 9.53 Å². The van der Waals surface area contributed by atoms with Crippen molar-refractivity contribution in [1.82, 2.24) is 24.6 Å². The standard InChI is InChI=1S/C22H29N5O3/c1-17(28)26-12-13-30-20(16-26)15-25-10-6-18(7-11-25)14-27-22(29)3-2-21(24-27)19-4-8-23-9-5-19/h2-5,8-9,18,20H,6-7,10-16H2,1H3. The van der Waals surface area contributed by atoms with Gasteiger partial charge >= 0.3 is 0 Å². The van der Waals surface area contributed by atoms with E-state index in [9.17, 15) is 9.59 Å². The Balaban J connectivity index is 1.31. The summed E-state index contributed by atoms with van der Waals surface area (Å²) in [4.78, 5) is 32.3. The molecular formula is C22H29N5O3. The number of piperidine rings is 1. The van der Waals surface area contributed by atoms with Crippen LogP contribution in [0.2, 0.25) is 0 Å². The third-order valence-electron chi connectivity index (χ3n) is 6.03. The number of carbonyl (C=O) groups excluding carboxylic acids is 1. The van der Waals surface area contributed by atoms with Crippen molar-refractivity contribution in [3.8, 4) is 11.3 Å². The summed E-state index contributed by atoms with van der Waals surface area (Å²) in [5.74, 6) is 0.550. The Bertz CT molecular complexity index is 908. The molecule has 8 heteroatoms. The van der Waals surface area contributed by atoms with Crippen LogP contribution in [-0.4, -0.2) is 75.9 Å². The van der Waals surface area contributed by atoms with Crippen LogP contribution in [0.15, 0.2) is 41.5 Å². The Labute approximate surface area is 176 Å². The SMILES string of the molecule is CC(=O)N1CCOC(CN2CCC(Cn3nc(-c4ccncc4)ccc3=O)CC2)C1. The van der Waals surface area contributed by atoms with Gasteiger partial charge in [0.25, 0.3) is 5.56 Å². The second-order valence-corrected chi connectivity index (χ2v) is 8.18. The van der Waals surface area contributed by atoms with Crippen LogP contribution in [0.1, 0.15) is 19.8 Å². The number of carbonyl (C=O) groups is 1. The molecule has 0 aromatic carbocycles. The first-order valence-electron chi connectivity index (χ1n) is 10.7. The number of pyridine rings is 1. The number of ether oxygens (including phenoxy) is 1. The topological polar surface area (TPSA) is 80.6 Å². The van der Waals surface area contributed by atoms with E-state index >= 15 is 0 Å². The fourth-order valence-corrected chi connectivity index (χ4v) is 4.26. The van der Waals surface area contributed by atoms with Crippen molar-refractivity contribution in [2.24, 2.45) is 5.92 Å². The molecule has 160 valence electrons. The molecule has 4 heterocycles. The van der Waals surface area contributed by atoms with Gasteiger partial charge in [-0.05, 0) is 50.0 Å². The normalized spacial score (nSPS) is 21.0. The van der Waals surface area contributed by atoms with Crippen LogP contribution in [0, 0.1) is 5.92 Å². The van der Waals surface area contributed by atoms with Gasteiger partial charge in [-0.1, -0.05) is 0 Å². The Morgan fingerprint density at radius 1 is 1.10 bits per heavy atom. The van der Waals surface area contributed by atoms with E-state index in [4.69, 9.17) is 4.74 Å². The first-order valence-corrected chi connectivity index (χ1v) is 10.7. The van der Waals surface area contributed by atoms with Crippen LogP contribution in [0.5, 0.6) is 0 Å². The van der Waals surface area contributed by atoms with E-state index in [0.29, 0.717) is 32.2 Å². The van der Waals surface area contributed by atoms with Crippen LogP contribution in [0.4, 0.5) is 0 Å². The largest absolute Gasteiger partial charge is 0.373 e. The van der Waals surface area contributed by atoms with Crippen molar-refractivity contribution in [3.05, 3.63) is 47.0 Å². The summed E-state index contributed by atoms with van der Waals surface area (Å²) in [5.41, 5.74) is 1.69. The molecule has 30 heavy (non-hydrogen) atoms. The number of amides is 1. The molecular weight excluding hydrogens is 382 g/mol. The van der Waals surface area contributed by atoms with Crippen molar-refractivity contribution in [1.29, 1.82) is 0 Å². The maximum atomic E-state index is 12.3. The zero-order chi connectivity index (χ0) is 20.9. The second-order valence-electron chi connectivity index (χ2n) is 8.18. The first-order chi connectivity index (χ1) is 14.6. The summed E-state index contributed by atoms with van der Waals surface area (Å²) in [6.45, 7) is 7.05. The van der Waals surface area contributed by atoms with Gasteiger partial charge in [-0.2, -0.15) is 5.10 Å². The highest BCUT2D eigenvalue weighted by molar-refractivity contribution is 5.73. The van der Waals surface area contributed by atoms with Crippen molar-refractivity contribution in [3.63, 3.8) is 0 Å². The molecule has 1 atom stereocenters. The van der Waals surface area contributed by atoms with Crippen LogP contribution >= 0.6 is 0 Å². The maximum absolute atomic E-state index is 12.3. The molecule has 2 aromatic heterocycles. The summed E-state index contributed by atoms with van der Waals surface area (Å²) in [6, 6.07) is 7.16. The minimum Gasteiger partial charge on any atom is -0.373 e. The van der Waals surface area contributed by atoms with Gasteiger partial charge in [0.2, 0.25) is 5.91 Å². The average Bonchev–Trinajstić information content (AvgIpc) is 2.77. The third-order valence-corrected chi connectivity index (χ3v) is 6.03. The molecule has 2 saturated heterocycles. The van der Waals surface area contributed by atoms with Crippen molar-refractivity contribution in [2.75, 3.05) is 39.3 Å². The van der Waals surface area contributed by atoms with Gasteiger partial charge in [0, 0.05) is 57.1 Å². The van der Waals surface area contributed by atoms with Gasteiger partial charge in [-0.15, -0.1) is 0 Å². The monoisotopic (exact) mass is 411 g/mol. The molecule has 2 fully saturated rings. The molecule has 0 spiro atoms. The van der Waals surface area contributed by atoms with Crippen molar-refractivity contribution in [2.45, 2.75) is 32.4 Å². The summed E-state index contributed by atoms with van der Waals surface area (Å²) < 4.78 is 7.46. The summed E-state index contributed by atoms with van der Waals surface area (Å²) in [7, 11) is 0. The molecule has 0 bridgehead atoms. The lowest BCUT2D eigenvalue weighted by Crippen LogP contribution is -2.50. The smallest absolute Gasteiger partial charge is 0.266 e. The lowest BCUT2D eigenvalue weighted by Gasteiger charge is -2.38. The molecule has 4 rings (SSSR count). The summed E-state index contributed by atoms with van der Waals surface area (Å²) in [6.07, 6.45) is 5.59. The molecule has 1 unspecified atom stereocenters. The summed E-state index contributed by atoms with van der Waals surface area (Å²) in [5, 5.41) is 4.58. The van der Waals surface area contributed by atoms with E-state index in [1.807, 2.05) is 17.0 Å². The number of hydrogen-bond acceptors (Lipinski definition) is 6. The first kappa shape index (κ1) is 20.7. The average molecular weight is 412 g/mol. The number of hydrogen-bond donors (Lipinski definition) is 0. The highest BCUT2D eigenvalue weighted by Gasteiger charge is 2.27. The van der Waals surface area contributed by atoms with Crippen LogP contribution in [-0.2, 0) is 16.1 Å². The molecule has 0 N–H and O–H groups in total. The predicted octanol–water partition coefficient (Wildman–Crippen LogP) is 1.26. The lowest BCUT2D eigenvalue weighted by molar-refractivity contribution is -0.137. The number of aromatic nitrogens is 3. The molecule has 0 radical (unpaired) electrons. The van der Waals surface area contributed by atoms with Gasteiger partial charge in [0.05, 0.1) is 18.4 Å². The number of morpholine rings is 1. The Kier molecular flexibility index (Phi) is 6.54. The minimum absolute atomic E-state index is 0.0600.